The molecule has 1 unspecified atom stereocenters. The van der Waals surface area contributed by atoms with E-state index in [9.17, 15) is 0 Å². The molecule has 0 radical (unpaired) electrons. The summed E-state index contributed by atoms with van der Waals surface area (Å²) in [7, 11) is 5.00. The summed E-state index contributed by atoms with van der Waals surface area (Å²) < 4.78 is 15.8. The van der Waals surface area contributed by atoms with Crippen molar-refractivity contribution in [1.29, 1.82) is 0 Å². The highest BCUT2D eigenvalue weighted by atomic mass is 16.5. The smallest absolute Gasteiger partial charge is 0.127 e. The Morgan fingerprint density at radius 3 is 2.47 bits per heavy atom. The van der Waals surface area contributed by atoms with Crippen LogP contribution in [0.1, 0.15) is 18.5 Å². The average molecular weight is 239 g/mol. The molecule has 0 bridgehead atoms. The van der Waals surface area contributed by atoms with Gasteiger partial charge in [0.2, 0.25) is 0 Å². The largest absolute Gasteiger partial charge is 0.497 e. The molecule has 4 nitrogen and oxygen atoms in total. The van der Waals surface area contributed by atoms with Crippen LogP contribution in [-0.2, 0) is 4.74 Å². The molecule has 0 spiro atoms. The van der Waals surface area contributed by atoms with E-state index in [1.54, 1.807) is 21.3 Å². The Morgan fingerprint density at radius 1 is 1.18 bits per heavy atom. The van der Waals surface area contributed by atoms with Gasteiger partial charge in [0.15, 0.2) is 0 Å². The Kier molecular flexibility index (Phi) is 5.80. The third-order valence-electron chi connectivity index (χ3n) is 2.60. The van der Waals surface area contributed by atoms with Crippen LogP contribution in [-0.4, -0.2) is 34.5 Å². The van der Waals surface area contributed by atoms with Crippen molar-refractivity contribution in [2.75, 3.05) is 34.5 Å². The van der Waals surface area contributed by atoms with Gasteiger partial charge in [0.1, 0.15) is 11.5 Å². The van der Waals surface area contributed by atoms with Crippen LogP contribution in [0.3, 0.4) is 0 Å². The SMILES string of the molecule is CCNC(COC)c1ccc(OC)cc1OC. The zero-order valence-electron chi connectivity index (χ0n) is 10.9. The van der Waals surface area contributed by atoms with Crippen molar-refractivity contribution in [2.45, 2.75) is 13.0 Å². The number of rotatable bonds is 7. The first kappa shape index (κ1) is 13.8. The fourth-order valence-electron chi connectivity index (χ4n) is 1.78. The van der Waals surface area contributed by atoms with E-state index in [1.807, 2.05) is 18.2 Å². The Balaban J connectivity index is 2.99. The minimum Gasteiger partial charge on any atom is -0.497 e. The van der Waals surface area contributed by atoms with Crippen molar-refractivity contribution >= 4 is 0 Å². The van der Waals surface area contributed by atoms with E-state index in [-0.39, 0.29) is 6.04 Å². The zero-order chi connectivity index (χ0) is 12.7. The van der Waals surface area contributed by atoms with Crippen LogP contribution in [0.2, 0.25) is 0 Å². The number of hydrogen-bond donors (Lipinski definition) is 1. The molecule has 96 valence electrons. The molecule has 1 N–H and O–H groups in total. The van der Waals surface area contributed by atoms with Gasteiger partial charge in [0.05, 0.1) is 26.9 Å². The van der Waals surface area contributed by atoms with E-state index in [0.717, 1.165) is 23.6 Å². The van der Waals surface area contributed by atoms with Crippen molar-refractivity contribution in [3.05, 3.63) is 23.8 Å². The highest BCUT2D eigenvalue weighted by molar-refractivity contribution is 5.42. The van der Waals surface area contributed by atoms with E-state index >= 15 is 0 Å². The molecule has 1 aromatic carbocycles. The number of benzene rings is 1. The molecule has 1 rings (SSSR count). The molecule has 0 aromatic heterocycles. The lowest BCUT2D eigenvalue weighted by Crippen LogP contribution is -2.25. The Hall–Kier alpha value is -1.26. The van der Waals surface area contributed by atoms with Crippen molar-refractivity contribution in [3.63, 3.8) is 0 Å². The molecular weight excluding hydrogens is 218 g/mol. The van der Waals surface area contributed by atoms with E-state index in [2.05, 4.69) is 12.2 Å². The second-order valence-electron chi connectivity index (χ2n) is 3.67. The third-order valence-corrected chi connectivity index (χ3v) is 2.60. The highest BCUT2D eigenvalue weighted by Crippen LogP contribution is 2.29. The third kappa shape index (κ3) is 3.61. The first-order valence-electron chi connectivity index (χ1n) is 5.71. The Labute approximate surface area is 103 Å². The van der Waals surface area contributed by atoms with Gasteiger partial charge in [0, 0.05) is 18.7 Å². The standard InChI is InChI=1S/C13H21NO3/c1-5-14-12(9-15-2)11-7-6-10(16-3)8-13(11)17-4/h6-8,12,14H,5,9H2,1-4H3. The van der Waals surface area contributed by atoms with Gasteiger partial charge in [0.25, 0.3) is 0 Å². The lowest BCUT2D eigenvalue weighted by molar-refractivity contribution is 0.166. The number of nitrogens with one attached hydrogen (secondary N) is 1. The van der Waals surface area contributed by atoms with Gasteiger partial charge in [-0.3, -0.25) is 0 Å². The highest BCUT2D eigenvalue weighted by Gasteiger charge is 2.15. The van der Waals surface area contributed by atoms with E-state index in [1.165, 1.54) is 0 Å². The quantitative estimate of drug-likeness (QED) is 0.790. The summed E-state index contributed by atoms with van der Waals surface area (Å²) in [6, 6.07) is 5.95. The number of hydrogen-bond acceptors (Lipinski definition) is 4. The summed E-state index contributed by atoms with van der Waals surface area (Å²) in [5, 5.41) is 3.37. The lowest BCUT2D eigenvalue weighted by atomic mass is 10.1. The normalized spacial score (nSPS) is 12.2. The van der Waals surface area contributed by atoms with Crippen molar-refractivity contribution in [1.82, 2.24) is 5.32 Å². The van der Waals surface area contributed by atoms with Gasteiger partial charge < -0.3 is 19.5 Å². The molecule has 0 fully saturated rings. The Bertz CT molecular complexity index is 335. The first-order valence-corrected chi connectivity index (χ1v) is 5.71. The molecule has 0 aliphatic carbocycles. The molecule has 1 aromatic rings. The maximum absolute atomic E-state index is 5.39. The van der Waals surface area contributed by atoms with Gasteiger partial charge in [-0.25, -0.2) is 0 Å². The monoisotopic (exact) mass is 239 g/mol. The molecule has 0 aliphatic rings. The van der Waals surface area contributed by atoms with Crippen molar-refractivity contribution < 1.29 is 14.2 Å². The summed E-state index contributed by atoms with van der Waals surface area (Å²) in [6.07, 6.45) is 0. The summed E-state index contributed by atoms with van der Waals surface area (Å²) in [6.45, 7) is 3.55. The van der Waals surface area contributed by atoms with E-state index < -0.39 is 0 Å². The summed E-state index contributed by atoms with van der Waals surface area (Å²) in [5.74, 6) is 1.60. The molecule has 0 heterocycles. The second-order valence-corrected chi connectivity index (χ2v) is 3.67. The number of ether oxygens (including phenoxy) is 3. The molecule has 17 heavy (non-hydrogen) atoms. The summed E-state index contributed by atoms with van der Waals surface area (Å²) in [4.78, 5) is 0. The van der Waals surface area contributed by atoms with Crippen molar-refractivity contribution in [2.24, 2.45) is 0 Å². The lowest BCUT2D eigenvalue weighted by Gasteiger charge is -2.20. The van der Waals surface area contributed by atoms with Gasteiger partial charge >= 0.3 is 0 Å². The van der Waals surface area contributed by atoms with Crippen LogP contribution in [0.25, 0.3) is 0 Å². The fourth-order valence-corrected chi connectivity index (χ4v) is 1.78. The predicted molar refractivity (Wildman–Crippen MR) is 67.8 cm³/mol. The molecule has 0 saturated heterocycles. The van der Waals surface area contributed by atoms with Crippen LogP contribution in [0.5, 0.6) is 11.5 Å². The Morgan fingerprint density at radius 2 is 1.94 bits per heavy atom. The fraction of sp³-hybridized carbons (Fsp3) is 0.538. The molecule has 0 aliphatic heterocycles. The van der Waals surface area contributed by atoms with Gasteiger partial charge in [-0.1, -0.05) is 6.92 Å². The van der Waals surface area contributed by atoms with Crippen molar-refractivity contribution in [3.8, 4) is 11.5 Å². The van der Waals surface area contributed by atoms with Crippen LogP contribution >= 0.6 is 0 Å². The minimum absolute atomic E-state index is 0.130. The summed E-state index contributed by atoms with van der Waals surface area (Å²) in [5.41, 5.74) is 1.08. The van der Waals surface area contributed by atoms with E-state index in [4.69, 9.17) is 14.2 Å². The molecule has 0 amide bonds. The number of methoxy groups -OCH3 is 3. The first-order chi connectivity index (χ1) is 8.26. The van der Waals surface area contributed by atoms with Crippen LogP contribution in [0.15, 0.2) is 18.2 Å². The zero-order valence-corrected chi connectivity index (χ0v) is 10.9. The molecular formula is C13H21NO3. The maximum atomic E-state index is 5.39. The van der Waals surface area contributed by atoms with Crippen LogP contribution < -0.4 is 14.8 Å². The maximum Gasteiger partial charge on any atom is 0.127 e. The van der Waals surface area contributed by atoms with E-state index in [0.29, 0.717) is 6.61 Å². The molecule has 4 heteroatoms. The minimum atomic E-state index is 0.130. The topological polar surface area (TPSA) is 39.7 Å². The van der Waals surface area contributed by atoms with Gasteiger partial charge in [-0.05, 0) is 18.7 Å². The predicted octanol–water partition coefficient (Wildman–Crippen LogP) is 2.00. The average Bonchev–Trinajstić information content (AvgIpc) is 2.37. The van der Waals surface area contributed by atoms with Gasteiger partial charge in [-0.15, -0.1) is 0 Å². The summed E-state index contributed by atoms with van der Waals surface area (Å²) >= 11 is 0. The van der Waals surface area contributed by atoms with Gasteiger partial charge in [-0.2, -0.15) is 0 Å². The second kappa shape index (κ2) is 7.14. The number of likely N-dealkylation sites (N-methyl/N-ethyl adjacent to an activating group) is 1. The molecule has 1 atom stereocenters. The van der Waals surface area contributed by atoms with Crippen LogP contribution in [0, 0.1) is 0 Å². The molecule has 0 saturated carbocycles. The van der Waals surface area contributed by atoms with Crippen LogP contribution in [0.4, 0.5) is 0 Å².